The molecule has 1 saturated heterocycles. The number of aromatic nitrogens is 1. The summed E-state index contributed by atoms with van der Waals surface area (Å²) in [6.45, 7) is 1.51. The van der Waals surface area contributed by atoms with Crippen LogP contribution in [-0.4, -0.2) is 28.9 Å². The van der Waals surface area contributed by atoms with Crippen LogP contribution in [0.1, 0.15) is 16.1 Å². The van der Waals surface area contributed by atoms with Gasteiger partial charge >= 0.3 is 0 Å². The number of likely N-dealkylation sites (tertiary alicyclic amines) is 1. The van der Waals surface area contributed by atoms with Gasteiger partial charge in [-0.3, -0.25) is 9.59 Å². The highest BCUT2D eigenvalue weighted by Gasteiger charge is 2.31. The van der Waals surface area contributed by atoms with Gasteiger partial charge in [0.15, 0.2) is 5.43 Å². The van der Waals surface area contributed by atoms with Crippen molar-refractivity contribution in [3.05, 3.63) is 70.1 Å². The molecular formula is C16H16N2O2. The van der Waals surface area contributed by atoms with E-state index in [0.717, 1.165) is 19.5 Å². The fourth-order valence-corrected chi connectivity index (χ4v) is 2.55. The summed E-state index contributed by atoms with van der Waals surface area (Å²) in [7, 11) is 0. The first kappa shape index (κ1) is 12.7. The fraction of sp³-hybridized carbons (Fsp3) is 0.250. The average Bonchev–Trinajstić information content (AvgIpc) is 2.43. The van der Waals surface area contributed by atoms with E-state index in [9.17, 15) is 9.59 Å². The van der Waals surface area contributed by atoms with Crippen LogP contribution in [0.15, 0.2) is 53.5 Å². The van der Waals surface area contributed by atoms with Gasteiger partial charge in [-0.15, -0.1) is 0 Å². The van der Waals surface area contributed by atoms with Crippen LogP contribution in [0.3, 0.4) is 0 Å². The van der Waals surface area contributed by atoms with Crippen LogP contribution in [0.5, 0.6) is 0 Å². The van der Waals surface area contributed by atoms with Gasteiger partial charge in [-0.25, -0.2) is 0 Å². The predicted octanol–water partition coefficient (Wildman–Crippen LogP) is 1.69. The first-order valence-electron chi connectivity index (χ1n) is 6.74. The Morgan fingerprint density at radius 2 is 1.95 bits per heavy atom. The summed E-state index contributed by atoms with van der Waals surface area (Å²) < 4.78 is 0. The number of hydrogen-bond acceptors (Lipinski definition) is 2. The summed E-state index contributed by atoms with van der Waals surface area (Å²) in [5.74, 6) is 0.420. The second-order valence-corrected chi connectivity index (χ2v) is 5.20. The molecule has 0 radical (unpaired) electrons. The van der Waals surface area contributed by atoms with Gasteiger partial charge in [0.05, 0.1) is 0 Å². The maximum absolute atomic E-state index is 12.1. The Labute approximate surface area is 117 Å². The van der Waals surface area contributed by atoms with Gasteiger partial charge in [-0.2, -0.15) is 0 Å². The lowest BCUT2D eigenvalue weighted by molar-refractivity contribution is 0.0495. The van der Waals surface area contributed by atoms with Crippen LogP contribution in [0.4, 0.5) is 0 Å². The van der Waals surface area contributed by atoms with Crippen LogP contribution < -0.4 is 5.43 Å². The zero-order valence-electron chi connectivity index (χ0n) is 11.1. The molecule has 1 amide bonds. The Kier molecular flexibility index (Phi) is 3.37. The number of amides is 1. The minimum atomic E-state index is -0.145. The number of nitrogens with one attached hydrogen (secondary N) is 1. The Balaban J connectivity index is 1.58. The molecule has 1 aromatic heterocycles. The lowest BCUT2D eigenvalue weighted by Gasteiger charge is -2.39. The molecule has 0 atom stereocenters. The molecule has 0 unspecified atom stereocenters. The molecule has 1 fully saturated rings. The Morgan fingerprint density at radius 3 is 2.65 bits per heavy atom. The van der Waals surface area contributed by atoms with E-state index < -0.39 is 0 Å². The number of aromatic amines is 1. The molecule has 2 aromatic rings. The summed E-state index contributed by atoms with van der Waals surface area (Å²) in [5.41, 5.74) is 1.53. The molecule has 1 aromatic carbocycles. The topological polar surface area (TPSA) is 53.2 Å². The molecule has 20 heavy (non-hydrogen) atoms. The van der Waals surface area contributed by atoms with E-state index >= 15 is 0 Å². The van der Waals surface area contributed by atoms with Gasteiger partial charge in [0.1, 0.15) is 5.69 Å². The van der Waals surface area contributed by atoms with Gasteiger partial charge in [0.25, 0.3) is 5.91 Å². The number of nitrogens with zero attached hydrogens (tertiary/aromatic N) is 1. The van der Waals surface area contributed by atoms with Crippen molar-refractivity contribution in [1.82, 2.24) is 9.88 Å². The van der Waals surface area contributed by atoms with E-state index in [1.54, 1.807) is 4.90 Å². The quantitative estimate of drug-likeness (QED) is 0.921. The Bertz CT molecular complexity index is 657. The van der Waals surface area contributed by atoms with Crippen molar-refractivity contribution < 1.29 is 4.79 Å². The largest absolute Gasteiger partial charge is 0.357 e. The van der Waals surface area contributed by atoms with Crippen molar-refractivity contribution in [3.63, 3.8) is 0 Å². The number of H-pyrrole nitrogens is 1. The van der Waals surface area contributed by atoms with Crippen molar-refractivity contribution in [2.75, 3.05) is 13.1 Å². The van der Waals surface area contributed by atoms with Gasteiger partial charge in [0, 0.05) is 31.4 Å². The Hall–Kier alpha value is -2.36. The number of rotatable bonds is 3. The van der Waals surface area contributed by atoms with Crippen molar-refractivity contribution in [3.8, 4) is 0 Å². The highest BCUT2D eigenvalue weighted by Crippen LogP contribution is 2.21. The van der Waals surface area contributed by atoms with Crippen molar-refractivity contribution in [2.24, 2.45) is 5.92 Å². The zero-order valence-corrected chi connectivity index (χ0v) is 11.1. The number of carbonyl (C=O) groups excluding carboxylic acids is 1. The van der Waals surface area contributed by atoms with Crippen LogP contribution >= 0.6 is 0 Å². The lowest BCUT2D eigenvalue weighted by atomic mass is 9.92. The van der Waals surface area contributed by atoms with Gasteiger partial charge in [-0.1, -0.05) is 30.3 Å². The molecule has 2 heterocycles. The first-order chi connectivity index (χ1) is 9.72. The van der Waals surface area contributed by atoms with Gasteiger partial charge < -0.3 is 9.88 Å². The molecule has 3 rings (SSSR count). The van der Waals surface area contributed by atoms with Crippen molar-refractivity contribution >= 4 is 5.91 Å². The second kappa shape index (κ2) is 5.33. The molecular weight excluding hydrogens is 252 g/mol. The molecule has 4 nitrogen and oxygen atoms in total. The molecule has 0 aliphatic carbocycles. The third-order valence-corrected chi connectivity index (χ3v) is 3.62. The minimum absolute atomic E-state index is 0.0907. The number of carbonyl (C=O) groups is 1. The van der Waals surface area contributed by atoms with Crippen LogP contribution in [0, 0.1) is 5.92 Å². The lowest BCUT2D eigenvalue weighted by Crippen LogP contribution is -2.51. The summed E-state index contributed by atoms with van der Waals surface area (Å²) in [6.07, 6.45) is 2.51. The third kappa shape index (κ3) is 2.64. The molecule has 1 N–H and O–H groups in total. The normalized spacial score (nSPS) is 14.9. The highest BCUT2D eigenvalue weighted by atomic mass is 16.2. The molecule has 4 heteroatoms. The third-order valence-electron chi connectivity index (χ3n) is 3.62. The van der Waals surface area contributed by atoms with Crippen LogP contribution in [0.2, 0.25) is 0 Å². The van der Waals surface area contributed by atoms with E-state index in [4.69, 9.17) is 0 Å². The molecule has 0 bridgehead atoms. The van der Waals surface area contributed by atoms with Crippen molar-refractivity contribution in [1.29, 1.82) is 0 Å². The number of pyridine rings is 1. The summed E-state index contributed by atoms with van der Waals surface area (Å²) in [4.78, 5) is 28.0. The second-order valence-electron chi connectivity index (χ2n) is 5.20. The summed E-state index contributed by atoms with van der Waals surface area (Å²) in [5, 5.41) is 0. The van der Waals surface area contributed by atoms with E-state index in [-0.39, 0.29) is 11.3 Å². The maximum Gasteiger partial charge on any atom is 0.270 e. The average molecular weight is 268 g/mol. The maximum atomic E-state index is 12.1. The molecule has 1 aliphatic rings. The van der Waals surface area contributed by atoms with E-state index in [0.29, 0.717) is 11.6 Å². The van der Waals surface area contributed by atoms with Crippen molar-refractivity contribution in [2.45, 2.75) is 6.42 Å². The fourth-order valence-electron chi connectivity index (χ4n) is 2.55. The van der Waals surface area contributed by atoms with Crippen LogP contribution in [-0.2, 0) is 6.42 Å². The van der Waals surface area contributed by atoms with E-state index in [1.165, 1.54) is 23.9 Å². The standard InChI is InChI=1S/C16H16N2O2/c19-14-6-7-17-15(9-14)16(20)18-10-13(11-18)8-12-4-2-1-3-5-12/h1-7,9,13H,8,10-11H2,(H,17,19). The summed E-state index contributed by atoms with van der Waals surface area (Å²) in [6, 6.07) is 13.1. The molecule has 1 aliphatic heterocycles. The van der Waals surface area contributed by atoms with Crippen LogP contribution in [0.25, 0.3) is 0 Å². The predicted molar refractivity (Wildman–Crippen MR) is 76.6 cm³/mol. The smallest absolute Gasteiger partial charge is 0.270 e. The van der Waals surface area contributed by atoms with Gasteiger partial charge in [-0.05, 0) is 17.9 Å². The zero-order chi connectivity index (χ0) is 13.9. The highest BCUT2D eigenvalue weighted by molar-refractivity contribution is 5.92. The molecule has 0 saturated carbocycles. The minimum Gasteiger partial charge on any atom is -0.357 e. The van der Waals surface area contributed by atoms with Gasteiger partial charge in [0.2, 0.25) is 0 Å². The SMILES string of the molecule is O=C(c1cc(=O)cc[nH]1)N1CC(Cc2ccccc2)C1. The monoisotopic (exact) mass is 268 g/mol. The number of hydrogen-bond donors (Lipinski definition) is 1. The first-order valence-corrected chi connectivity index (χ1v) is 6.74. The molecule has 102 valence electrons. The summed E-state index contributed by atoms with van der Waals surface area (Å²) >= 11 is 0. The van der Waals surface area contributed by atoms with E-state index in [1.807, 2.05) is 18.2 Å². The Morgan fingerprint density at radius 1 is 1.20 bits per heavy atom. The number of benzene rings is 1. The molecule has 0 spiro atoms. The van der Waals surface area contributed by atoms with E-state index in [2.05, 4.69) is 17.1 Å².